The van der Waals surface area contributed by atoms with Crippen LogP contribution in [0.25, 0.3) is 0 Å². The van der Waals surface area contributed by atoms with Crippen LogP contribution in [0.5, 0.6) is 11.5 Å². The summed E-state index contributed by atoms with van der Waals surface area (Å²) in [5.74, 6) is 1.60. The van der Waals surface area contributed by atoms with Crippen molar-refractivity contribution < 1.29 is 9.47 Å². The highest BCUT2D eigenvalue weighted by atomic mass is 79.9. The van der Waals surface area contributed by atoms with Crippen molar-refractivity contribution in [3.8, 4) is 11.5 Å². The van der Waals surface area contributed by atoms with Gasteiger partial charge in [0.05, 0.1) is 4.83 Å². The average Bonchev–Trinajstić information content (AvgIpc) is 2.50. The summed E-state index contributed by atoms with van der Waals surface area (Å²) < 4.78 is 14.0. The molecule has 1 heterocycles. The molecule has 0 aromatic heterocycles. The van der Waals surface area contributed by atoms with Gasteiger partial charge in [-0.15, -0.1) is 0 Å². The maximum absolute atomic E-state index is 6.07. The van der Waals surface area contributed by atoms with E-state index in [1.807, 2.05) is 24.3 Å². The minimum atomic E-state index is -0.0780. The summed E-state index contributed by atoms with van der Waals surface area (Å²) in [5, 5.41) is 0. The van der Waals surface area contributed by atoms with E-state index in [2.05, 4.69) is 66.8 Å². The maximum atomic E-state index is 6.07. The van der Waals surface area contributed by atoms with E-state index in [0.29, 0.717) is 6.61 Å². The lowest BCUT2D eigenvalue weighted by molar-refractivity contribution is 0.0903. The van der Waals surface area contributed by atoms with Crippen molar-refractivity contribution in [1.29, 1.82) is 0 Å². The molecule has 110 valence electrons. The molecule has 2 atom stereocenters. The molecule has 2 aromatic carbocycles. The standard InChI is InChI=1S/C16H13Br3O2/c1-9-6-12(18)10(7-11(9)17)16(19)15-8-20-13-4-2-3-5-14(13)21-15/h2-7,15-16H,8H2,1H3. The largest absolute Gasteiger partial charge is 0.486 e. The summed E-state index contributed by atoms with van der Waals surface area (Å²) in [5.41, 5.74) is 2.33. The molecule has 21 heavy (non-hydrogen) atoms. The first-order chi connectivity index (χ1) is 10.1. The van der Waals surface area contributed by atoms with Gasteiger partial charge in [-0.3, -0.25) is 0 Å². The molecule has 0 amide bonds. The predicted octanol–water partition coefficient (Wildman–Crippen LogP) is 5.80. The van der Waals surface area contributed by atoms with E-state index in [1.165, 1.54) is 5.56 Å². The lowest BCUT2D eigenvalue weighted by atomic mass is 10.1. The first kappa shape index (κ1) is 15.4. The summed E-state index contributed by atoms with van der Waals surface area (Å²) in [6.45, 7) is 2.59. The fourth-order valence-electron chi connectivity index (χ4n) is 2.25. The van der Waals surface area contributed by atoms with Crippen LogP contribution in [0, 0.1) is 6.92 Å². The zero-order valence-electron chi connectivity index (χ0n) is 11.3. The van der Waals surface area contributed by atoms with Gasteiger partial charge in [0.1, 0.15) is 12.7 Å². The summed E-state index contributed by atoms with van der Waals surface area (Å²) >= 11 is 11.0. The second-order valence-electron chi connectivity index (χ2n) is 4.94. The molecule has 0 saturated carbocycles. The predicted molar refractivity (Wildman–Crippen MR) is 94.6 cm³/mol. The summed E-state index contributed by atoms with van der Waals surface area (Å²) in [7, 11) is 0. The van der Waals surface area contributed by atoms with Crippen LogP contribution in [0.4, 0.5) is 0 Å². The summed E-state index contributed by atoms with van der Waals surface area (Å²) in [6, 6.07) is 12.0. The van der Waals surface area contributed by atoms with E-state index in [9.17, 15) is 0 Å². The smallest absolute Gasteiger partial charge is 0.161 e. The van der Waals surface area contributed by atoms with Crippen LogP contribution in [0.2, 0.25) is 0 Å². The van der Waals surface area contributed by atoms with Crippen molar-refractivity contribution in [2.45, 2.75) is 17.9 Å². The van der Waals surface area contributed by atoms with E-state index in [-0.39, 0.29) is 10.9 Å². The molecular weight excluding hydrogens is 464 g/mol. The van der Waals surface area contributed by atoms with Gasteiger partial charge < -0.3 is 9.47 Å². The number of alkyl halides is 1. The number of rotatable bonds is 2. The van der Waals surface area contributed by atoms with Gasteiger partial charge in [0.2, 0.25) is 0 Å². The normalized spacial score (nSPS) is 18.4. The molecule has 0 aliphatic carbocycles. The number of fused-ring (bicyclic) bond motifs is 1. The van der Waals surface area contributed by atoms with E-state index in [1.54, 1.807) is 0 Å². The minimum absolute atomic E-state index is 0.0390. The molecule has 0 radical (unpaired) electrons. The number of ether oxygens (including phenoxy) is 2. The van der Waals surface area contributed by atoms with Crippen molar-refractivity contribution >= 4 is 47.8 Å². The quantitative estimate of drug-likeness (QED) is 0.510. The second-order valence-corrected chi connectivity index (χ2v) is 7.63. The van der Waals surface area contributed by atoms with Crippen LogP contribution in [0.3, 0.4) is 0 Å². The monoisotopic (exact) mass is 474 g/mol. The number of hydrogen-bond acceptors (Lipinski definition) is 2. The van der Waals surface area contributed by atoms with Gasteiger partial charge in [-0.05, 0) is 42.3 Å². The average molecular weight is 477 g/mol. The zero-order valence-corrected chi connectivity index (χ0v) is 16.0. The Morgan fingerprint density at radius 1 is 1.10 bits per heavy atom. The third-order valence-electron chi connectivity index (χ3n) is 3.43. The lowest BCUT2D eigenvalue weighted by Crippen LogP contribution is -2.32. The molecular formula is C16H13Br3O2. The fraction of sp³-hybridized carbons (Fsp3) is 0.250. The summed E-state index contributed by atoms with van der Waals surface area (Å²) in [6.07, 6.45) is -0.0780. The minimum Gasteiger partial charge on any atom is -0.486 e. The molecule has 2 unspecified atom stereocenters. The highest BCUT2D eigenvalue weighted by Gasteiger charge is 2.29. The topological polar surface area (TPSA) is 18.5 Å². The van der Waals surface area contributed by atoms with Crippen molar-refractivity contribution in [3.63, 3.8) is 0 Å². The number of aryl methyl sites for hydroxylation is 1. The molecule has 0 bridgehead atoms. The third-order valence-corrected chi connectivity index (χ3v) is 6.06. The fourth-order valence-corrected chi connectivity index (χ4v) is 4.27. The maximum Gasteiger partial charge on any atom is 0.161 e. The van der Waals surface area contributed by atoms with E-state index < -0.39 is 0 Å². The lowest BCUT2D eigenvalue weighted by Gasteiger charge is -2.30. The van der Waals surface area contributed by atoms with Crippen molar-refractivity contribution in [2.75, 3.05) is 6.61 Å². The van der Waals surface area contributed by atoms with Crippen LogP contribution >= 0.6 is 47.8 Å². The summed E-state index contributed by atoms with van der Waals surface area (Å²) in [4.78, 5) is 0.0390. The molecule has 1 aliphatic heterocycles. The Balaban J connectivity index is 1.87. The molecule has 5 heteroatoms. The van der Waals surface area contributed by atoms with Crippen molar-refractivity contribution in [1.82, 2.24) is 0 Å². The number of halogens is 3. The first-order valence-electron chi connectivity index (χ1n) is 6.54. The van der Waals surface area contributed by atoms with E-state index in [4.69, 9.17) is 9.47 Å². The molecule has 3 rings (SSSR count). The van der Waals surface area contributed by atoms with Gasteiger partial charge in [0, 0.05) is 8.95 Å². The second kappa shape index (κ2) is 6.31. The molecule has 2 nitrogen and oxygen atoms in total. The van der Waals surface area contributed by atoms with Gasteiger partial charge in [0.25, 0.3) is 0 Å². The number of benzene rings is 2. The molecule has 2 aromatic rings. The molecule has 0 N–H and O–H groups in total. The van der Waals surface area contributed by atoms with Crippen LogP contribution in [0.1, 0.15) is 16.0 Å². The van der Waals surface area contributed by atoms with Gasteiger partial charge in [0.15, 0.2) is 11.5 Å². The van der Waals surface area contributed by atoms with Crippen LogP contribution in [-0.4, -0.2) is 12.7 Å². The van der Waals surface area contributed by atoms with Gasteiger partial charge >= 0.3 is 0 Å². The molecule has 0 fully saturated rings. The Kier molecular flexibility index (Phi) is 4.62. The molecule has 1 aliphatic rings. The highest BCUT2D eigenvalue weighted by Crippen LogP contribution is 2.40. The first-order valence-corrected chi connectivity index (χ1v) is 9.04. The Morgan fingerprint density at radius 3 is 2.57 bits per heavy atom. The van der Waals surface area contributed by atoms with Gasteiger partial charge in [-0.1, -0.05) is 59.9 Å². The Bertz CT molecular complexity index is 673. The Labute approximate surface area is 149 Å². The van der Waals surface area contributed by atoms with Crippen LogP contribution in [0.15, 0.2) is 45.3 Å². The van der Waals surface area contributed by atoms with Crippen molar-refractivity contribution in [2.24, 2.45) is 0 Å². The van der Waals surface area contributed by atoms with E-state index in [0.717, 1.165) is 26.0 Å². The Hall–Kier alpha value is -0.520. The van der Waals surface area contributed by atoms with Crippen LogP contribution in [-0.2, 0) is 0 Å². The van der Waals surface area contributed by atoms with Crippen LogP contribution < -0.4 is 9.47 Å². The zero-order chi connectivity index (χ0) is 15.0. The van der Waals surface area contributed by atoms with Crippen molar-refractivity contribution in [3.05, 3.63) is 56.5 Å². The van der Waals surface area contributed by atoms with Gasteiger partial charge in [-0.2, -0.15) is 0 Å². The molecule has 0 spiro atoms. The third kappa shape index (κ3) is 3.15. The van der Waals surface area contributed by atoms with Gasteiger partial charge in [-0.25, -0.2) is 0 Å². The number of para-hydroxylation sites is 2. The SMILES string of the molecule is Cc1cc(Br)c(C(Br)C2COc3ccccc3O2)cc1Br. The Morgan fingerprint density at radius 2 is 1.81 bits per heavy atom. The molecule has 0 saturated heterocycles. The highest BCUT2D eigenvalue weighted by molar-refractivity contribution is 9.11. The number of hydrogen-bond donors (Lipinski definition) is 0. The van der Waals surface area contributed by atoms with E-state index >= 15 is 0 Å².